The number of nitrogens with one attached hydrogen (secondary N) is 1. The SMILES string of the molecule is CN1CCC(n2nc(Nc3nc4ncc(Oc5cnn6ccncc56)c(Cl)c4n3C)cc2C(C)(C)C)C1. The summed E-state index contributed by atoms with van der Waals surface area (Å²) in [5.74, 6) is 2.28. The van der Waals surface area contributed by atoms with Crippen molar-refractivity contribution in [3.8, 4) is 11.5 Å². The summed E-state index contributed by atoms with van der Waals surface area (Å²) in [6, 6.07) is 2.46. The molecular weight excluding hydrogens is 492 g/mol. The van der Waals surface area contributed by atoms with Crippen molar-refractivity contribution in [2.24, 2.45) is 7.05 Å². The number of fused-ring (bicyclic) bond motifs is 2. The molecular formula is C25H29ClN10O. The Kier molecular flexibility index (Phi) is 5.57. The molecule has 1 atom stereocenters. The van der Waals surface area contributed by atoms with Gasteiger partial charge in [-0.2, -0.15) is 15.2 Å². The Morgan fingerprint density at radius 3 is 2.73 bits per heavy atom. The number of aromatic nitrogens is 8. The van der Waals surface area contributed by atoms with E-state index in [0.717, 1.165) is 30.8 Å². The van der Waals surface area contributed by atoms with Crippen molar-refractivity contribution in [3.63, 3.8) is 0 Å². The average molecular weight is 521 g/mol. The van der Waals surface area contributed by atoms with Gasteiger partial charge in [-0.1, -0.05) is 32.4 Å². The highest BCUT2D eigenvalue weighted by molar-refractivity contribution is 6.36. The Morgan fingerprint density at radius 1 is 1.14 bits per heavy atom. The van der Waals surface area contributed by atoms with Crippen molar-refractivity contribution >= 4 is 40.0 Å². The fourth-order valence-corrected chi connectivity index (χ4v) is 5.12. The Labute approximate surface area is 219 Å². The fourth-order valence-electron chi connectivity index (χ4n) is 4.83. The van der Waals surface area contributed by atoms with Gasteiger partial charge in [0.1, 0.15) is 16.1 Å². The summed E-state index contributed by atoms with van der Waals surface area (Å²) in [6.07, 6.45) is 9.38. The van der Waals surface area contributed by atoms with E-state index in [1.165, 1.54) is 5.69 Å². The molecule has 0 aromatic carbocycles. The van der Waals surface area contributed by atoms with Crippen LogP contribution in [-0.4, -0.2) is 64.0 Å². The number of rotatable bonds is 5. The van der Waals surface area contributed by atoms with Gasteiger partial charge in [0, 0.05) is 43.2 Å². The van der Waals surface area contributed by atoms with Crippen molar-refractivity contribution in [3.05, 3.63) is 47.8 Å². The minimum Gasteiger partial charge on any atom is -0.450 e. The van der Waals surface area contributed by atoms with E-state index in [4.69, 9.17) is 21.4 Å². The lowest BCUT2D eigenvalue weighted by molar-refractivity contribution is 0.366. The average Bonchev–Trinajstić information content (AvgIpc) is 3.63. The topological polar surface area (TPSA) is 103 Å². The molecule has 0 amide bonds. The highest BCUT2D eigenvalue weighted by atomic mass is 35.5. The number of ether oxygens (including phenoxy) is 1. The van der Waals surface area contributed by atoms with E-state index in [2.05, 4.69) is 68.8 Å². The number of hydrogen-bond acceptors (Lipinski definition) is 8. The minimum atomic E-state index is -0.0504. The van der Waals surface area contributed by atoms with E-state index in [0.29, 0.717) is 39.7 Å². The lowest BCUT2D eigenvalue weighted by Gasteiger charge is -2.23. The van der Waals surface area contributed by atoms with Crippen LogP contribution >= 0.6 is 11.6 Å². The van der Waals surface area contributed by atoms with Gasteiger partial charge >= 0.3 is 0 Å². The van der Waals surface area contributed by atoms with Crippen LogP contribution in [0.25, 0.3) is 16.7 Å². The Bertz CT molecular complexity index is 1610. The van der Waals surface area contributed by atoms with Crippen LogP contribution in [0, 0.1) is 0 Å². The van der Waals surface area contributed by atoms with Crippen LogP contribution in [-0.2, 0) is 12.5 Å². The second-order valence-corrected chi connectivity index (χ2v) is 10.9. The molecule has 5 aromatic heterocycles. The van der Waals surface area contributed by atoms with E-state index in [-0.39, 0.29) is 5.41 Å². The van der Waals surface area contributed by atoms with Crippen LogP contribution in [0.1, 0.15) is 38.9 Å². The summed E-state index contributed by atoms with van der Waals surface area (Å²) in [6.45, 7) is 8.69. The number of anilines is 2. The molecule has 1 aliphatic heterocycles. The van der Waals surface area contributed by atoms with Crippen LogP contribution in [0.3, 0.4) is 0 Å². The van der Waals surface area contributed by atoms with Crippen molar-refractivity contribution in [1.82, 2.24) is 43.8 Å². The number of aryl methyl sites for hydroxylation is 1. The molecule has 6 rings (SSSR count). The van der Waals surface area contributed by atoms with Crippen LogP contribution < -0.4 is 10.1 Å². The number of halogens is 1. The van der Waals surface area contributed by atoms with E-state index in [1.54, 1.807) is 35.5 Å². The van der Waals surface area contributed by atoms with Crippen molar-refractivity contribution in [1.29, 1.82) is 0 Å². The Morgan fingerprint density at radius 2 is 1.97 bits per heavy atom. The minimum absolute atomic E-state index is 0.0504. The van der Waals surface area contributed by atoms with Gasteiger partial charge in [-0.25, -0.2) is 9.50 Å². The standard InChI is InChI=1S/C25H29ClN10O/c1-25(2,3)19-10-20(32-36(19)15-6-8-33(4)14-15)30-24-31-23-22(34(24)5)21(26)18(12-28-23)37-17-13-29-35-9-7-27-11-16(17)35/h7,9-13,15H,6,8,14H2,1-5H3,(H,28,30,31,32). The quantitative estimate of drug-likeness (QED) is 0.359. The second kappa shape index (κ2) is 8.70. The van der Waals surface area contributed by atoms with Crippen molar-refractivity contribution in [2.45, 2.75) is 38.6 Å². The number of nitrogens with zero attached hydrogens (tertiary/aromatic N) is 9. The molecule has 0 aliphatic carbocycles. The van der Waals surface area contributed by atoms with E-state index in [1.807, 2.05) is 11.6 Å². The summed E-state index contributed by atoms with van der Waals surface area (Å²) >= 11 is 6.80. The summed E-state index contributed by atoms with van der Waals surface area (Å²) in [4.78, 5) is 15.7. The third-order valence-corrected chi connectivity index (χ3v) is 7.14. The Balaban J connectivity index is 1.33. The first-order valence-electron chi connectivity index (χ1n) is 12.2. The van der Waals surface area contributed by atoms with Gasteiger partial charge in [0.2, 0.25) is 5.95 Å². The Hall–Kier alpha value is -3.70. The summed E-state index contributed by atoms with van der Waals surface area (Å²) in [5, 5.41) is 13.0. The van der Waals surface area contributed by atoms with E-state index >= 15 is 0 Å². The lowest BCUT2D eigenvalue weighted by atomic mass is 9.91. The summed E-state index contributed by atoms with van der Waals surface area (Å²) < 4.78 is 11.8. The molecule has 1 N–H and O–H groups in total. The van der Waals surface area contributed by atoms with Crippen molar-refractivity contribution < 1.29 is 4.74 Å². The number of likely N-dealkylation sites (tertiary alicyclic amines) is 1. The number of hydrogen-bond donors (Lipinski definition) is 1. The smallest absolute Gasteiger partial charge is 0.210 e. The molecule has 0 bridgehead atoms. The van der Waals surface area contributed by atoms with Gasteiger partial charge in [-0.15, -0.1) is 0 Å². The maximum absolute atomic E-state index is 6.80. The zero-order valence-electron chi connectivity index (χ0n) is 21.5. The summed E-state index contributed by atoms with van der Waals surface area (Å²) in [7, 11) is 4.04. The monoisotopic (exact) mass is 520 g/mol. The highest BCUT2D eigenvalue weighted by Gasteiger charge is 2.29. The zero-order valence-corrected chi connectivity index (χ0v) is 22.2. The number of imidazole rings is 1. The predicted molar refractivity (Wildman–Crippen MR) is 142 cm³/mol. The van der Waals surface area contributed by atoms with Crippen LogP contribution in [0.15, 0.2) is 37.1 Å². The molecule has 0 radical (unpaired) electrons. The third kappa shape index (κ3) is 4.17. The number of pyridine rings is 1. The molecule has 12 heteroatoms. The summed E-state index contributed by atoms with van der Waals surface area (Å²) in [5.41, 5.74) is 3.03. The van der Waals surface area contributed by atoms with Crippen LogP contribution in [0.5, 0.6) is 11.5 Å². The first kappa shape index (κ1) is 23.7. The molecule has 1 unspecified atom stereocenters. The van der Waals surface area contributed by atoms with Gasteiger partial charge in [-0.05, 0) is 20.0 Å². The van der Waals surface area contributed by atoms with Crippen molar-refractivity contribution in [2.75, 3.05) is 25.5 Å². The molecule has 1 saturated heterocycles. The first-order valence-corrected chi connectivity index (χ1v) is 12.6. The van der Waals surface area contributed by atoms with E-state index < -0.39 is 0 Å². The van der Waals surface area contributed by atoms with Gasteiger partial charge in [0.25, 0.3) is 0 Å². The molecule has 37 heavy (non-hydrogen) atoms. The molecule has 1 fully saturated rings. The van der Waals surface area contributed by atoms with Crippen LogP contribution in [0.4, 0.5) is 11.8 Å². The van der Waals surface area contributed by atoms with E-state index in [9.17, 15) is 0 Å². The molecule has 6 heterocycles. The molecule has 192 valence electrons. The molecule has 0 saturated carbocycles. The van der Waals surface area contributed by atoms with Gasteiger partial charge in [-0.3, -0.25) is 9.67 Å². The fraction of sp³-hybridized carbons (Fsp3) is 0.400. The molecule has 1 aliphatic rings. The molecule has 11 nitrogen and oxygen atoms in total. The van der Waals surface area contributed by atoms with Gasteiger partial charge in [0.05, 0.1) is 24.6 Å². The van der Waals surface area contributed by atoms with Gasteiger partial charge < -0.3 is 19.5 Å². The maximum Gasteiger partial charge on any atom is 0.210 e. The lowest BCUT2D eigenvalue weighted by Crippen LogP contribution is -2.24. The van der Waals surface area contributed by atoms with Gasteiger partial charge in [0.15, 0.2) is 23.0 Å². The maximum atomic E-state index is 6.80. The first-order chi connectivity index (χ1) is 17.7. The largest absolute Gasteiger partial charge is 0.450 e. The second-order valence-electron chi connectivity index (χ2n) is 10.6. The highest BCUT2D eigenvalue weighted by Crippen LogP contribution is 2.37. The molecule has 5 aromatic rings. The van der Waals surface area contributed by atoms with Crippen LogP contribution in [0.2, 0.25) is 5.02 Å². The third-order valence-electron chi connectivity index (χ3n) is 6.77. The number of likely N-dealkylation sites (N-methyl/N-ethyl adjacent to an activating group) is 1. The molecule has 0 spiro atoms. The normalized spacial score (nSPS) is 16.8. The predicted octanol–water partition coefficient (Wildman–Crippen LogP) is 4.57. The zero-order chi connectivity index (χ0) is 25.9.